The van der Waals surface area contributed by atoms with E-state index in [-0.39, 0.29) is 0 Å². The maximum absolute atomic E-state index is 6.04. The van der Waals surface area contributed by atoms with Crippen LogP contribution in [0.5, 0.6) is 23.0 Å². The van der Waals surface area contributed by atoms with Crippen molar-refractivity contribution in [3.63, 3.8) is 0 Å². The Kier molecular flexibility index (Phi) is 6.08. The zero-order valence-corrected chi connectivity index (χ0v) is 18.2. The lowest BCUT2D eigenvalue weighted by Crippen LogP contribution is -2.18. The highest BCUT2D eigenvalue weighted by atomic mass is 16.5. The van der Waals surface area contributed by atoms with E-state index < -0.39 is 0 Å². The molecule has 1 aliphatic rings. The van der Waals surface area contributed by atoms with Gasteiger partial charge in [0.05, 0.1) is 23.2 Å². The van der Waals surface area contributed by atoms with Crippen molar-refractivity contribution in [3.05, 3.63) is 67.0 Å². The van der Waals surface area contributed by atoms with Gasteiger partial charge in [0.25, 0.3) is 0 Å². The smallest absolute Gasteiger partial charge is 0.169 e. The fourth-order valence-corrected chi connectivity index (χ4v) is 3.60. The molecule has 3 aromatic carbocycles. The van der Waals surface area contributed by atoms with Gasteiger partial charge in [-0.1, -0.05) is 12.1 Å². The fraction of sp³-hybridized carbons (Fsp3) is 0.200. The summed E-state index contributed by atoms with van der Waals surface area (Å²) in [6, 6.07) is 19.2. The highest BCUT2D eigenvalue weighted by Crippen LogP contribution is 2.39. The second kappa shape index (κ2) is 9.62. The third-order valence-corrected chi connectivity index (χ3v) is 5.16. The zero-order chi connectivity index (χ0) is 22.5. The molecule has 2 heterocycles. The van der Waals surface area contributed by atoms with Crippen molar-refractivity contribution in [2.45, 2.75) is 0 Å². The Bertz CT molecular complexity index is 1250. The molecule has 33 heavy (non-hydrogen) atoms. The van der Waals surface area contributed by atoms with Crippen LogP contribution in [-0.2, 0) is 4.74 Å². The number of rotatable bonds is 8. The van der Waals surface area contributed by atoms with Gasteiger partial charge in [0.1, 0.15) is 31.1 Å². The summed E-state index contributed by atoms with van der Waals surface area (Å²) >= 11 is 0. The molecule has 0 aliphatic carbocycles. The number of ether oxygens (including phenoxy) is 4. The normalized spacial score (nSPS) is 12.4. The molecule has 0 saturated heterocycles. The molecule has 2 N–H and O–H groups in total. The van der Waals surface area contributed by atoms with Crippen LogP contribution in [0.4, 0.5) is 17.2 Å². The number of fused-ring (bicyclic) bond motifs is 3. The van der Waals surface area contributed by atoms with Gasteiger partial charge in [-0.05, 0) is 48.5 Å². The second-order valence-corrected chi connectivity index (χ2v) is 7.37. The van der Waals surface area contributed by atoms with Crippen LogP contribution in [-0.4, -0.2) is 43.4 Å². The highest BCUT2D eigenvalue weighted by molar-refractivity contribution is 5.99. The van der Waals surface area contributed by atoms with E-state index in [0.717, 1.165) is 34.6 Å². The third-order valence-electron chi connectivity index (χ3n) is 5.16. The minimum Gasteiger partial charge on any atom is -0.489 e. The Labute approximate surface area is 191 Å². The van der Waals surface area contributed by atoms with E-state index in [1.165, 1.54) is 0 Å². The number of anilines is 3. The molecular formula is C25H24N4O4. The van der Waals surface area contributed by atoms with Crippen LogP contribution in [0.1, 0.15) is 0 Å². The zero-order valence-electron chi connectivity index (χ0n) is 18.2. The van der Waals surface area contributed by atoms with Crippen molar-refractivity contribution in [1.82, 2.24) is 9.97 Å². The molecule has 168 valence electrons. The summed E-state index contributed by atoms with van der Waals surface area (Å²) in [6.07, 6.45) is 1.55. The average molecular weight is 444 g/mol. The summed E-state index contributed by atoms with van der Waals surface area (Å²) < 4.78 is 22.8. The Morgan fingerprint density at radius 3 is 2.67 bits per heavy atom. The molecule has 4 aromatic rings. The first-order valence-corrected chi connectivity index (χ1v) is 10.7. The van der Waals surface area contributed by atoms with Gasteiger partial charge in [-0.15, -0.1) is 0 Å². The average Bonchev–Trinajstić information content (AvgIpc) is 2.86. The topological polar surface area (TPSA) is 86.8 Å². The molecule has 0 amide bonds. The first-order valence-electron chi connectivity index (χ1n) is 10.7. The van der Waals surface area contributed by atoms with E-state index in [2.05, 4.69) is 20.6 Å². The SMILES string of the molecule is COCCOc1ccccc1Oc1ccc(Nc2ncnc3ccc4c(c23)OCCN4)cc1. The Morgan fingerprint density at radius 2 is 1.82 bits per heavy atom. The maximum atomic E-state index is 6.04. The summed E-state index contributed by atoms with van der Waals surface area (Å²) in [5, 5.41) is 7.59. The molecule has 0 atom stereocenters. The minimum atomic E-state index is 0.454. The molecule has 0 bridgehead atoms. The number of nitrogens with one attached hydrogen (secondary N) is 2. The first kappa shape index (κ1) is 20.8. The van der Waals surface area contributed by atoms with E-state index in [1.54, 1.807) is 13.4 Å². The fourth-order valence-electron chi connectivity index (χ4n) is 3.60. The molecule has 0 unspecified atom stereocenters. The monoisotopic (exact) mass is 444 g/mol. The number of benzene rings is 3. The molecule has 0 radical (unpaired) electrons. The molecule has 0 spiro atoms. The van der Waals surface area contributed by atoms with Crippen LogP contribution in [0.2, 0.25) is 0 Å². The standard InChI is InChI=1S/C25H24N4O4/c1-30-14-15-31-21-4-2-3-5-22(21)33-18-8-6-17(7-9-18)29-25-23-19(27-16-28-25)10-11-20-24(23)32-13-12-26-20/h2-11,16,26H,12-15H2,1H3,(H,27,28,29). The lowest BCUT2D eigenvalue weighted by atomic mass is 10.1. The number of hydrogen-bond donors (Lipinski definition) is 2. The van der Waals surface area contributed by atoms with Crippen LogP contribution in [0.15, 0.2) is 67.0 Å². The molecule has 1 aromatic heterocycles. The number of methoxy groups -OCH3 is 1. The van der Waals surface area contributed by atoms with Crippen LogP contribution in [0, 0.1) is 0 Å². The summed E-state index contributed by atoms with van der Waals surface area (Å²) in [7, 11) is 1.64. The molecule has 8 heteroatoms. The van der Waals surface area contributed by atoms with Gasteiger partial charge < -0.3 is 29.6 Å². The van der Waals surface area contributed by atoms with Crippen molar-refractivity contribution in [1.29, 1.82) is 0 Å². The van der Waals surface area contributed by atoms with E-state index in [4.69, 9.17) is 18.9 Å². The van der Waals surface area contributed by atoms with Gasteiger partial charge in [-0.3, -0.25) is 0 Å². The van der Waals surface area contributed by atoms with E-state index >= 15 is 0 Å². The van der Waals surface area contributed by atoms with Crippen molar-refractivity contribution < 1.29 is 18.9 Å². The molecule has 5 rings (SSSR count). The van der Waals surface area contributed by atoms with Crippen LogP contribution >= 0.6 is 0 Å². The highest BCUT2D eigenvalue weighted by Gasteiger charge is 2.17. The van der Waals surface area contributed by atoms with Gasteiger partial charge in [0, 0.05) is 19.3 Å². The third kappa shape index (κ3) is 4.61. The number of nitrogens with zero attached hydrogens (tertiary/aromatic N) is 2. The van der Waals surface area contributed by atoms with Gasteiger partial charge in [-0.25, -0.2) is 9.97 Å². The lowest BCUT2D eigenvalue weighted by molar-refractivity contribution is 0.144. The van der Waals surface area contributed by atoms with Gasteiger partial charge in [-0.2, -0.15) is 0 Å². The second-order valence-electron chi connectivity index (χ2n) is 7.37. The molecule has 1 aliphatic heterocycles. The summed E-state index contributed by atoms with van der Waals surface area (Å²) in [5.41, 5.74) is 2.63. The van der Waals surface area contributed by atoms with Crippen molar-refractivity contribution in [2.75, 3.05) is 44.1 Å². The number of hydrogen-bond acceptors (Lipinski definition) is 8. The Balaban J connectivity index is 1.35. The molecule has 0 saturated carbocycles. The predicted molar refractivity (Wildman–Crippen MR) is 127 cm³/mol. The first-order chi connectivity index (χ1) is 16.3. The van der Waals surface area contributed by atoms with E-state index in [1.807, 2.05) is 60.7 Å². The number of para-hydroxylation sites is 2. The Hall–Kier alpha value is -4.04. The van der Waals surface area contributed by atoms with Crippen LogP contribution in [0.25, 0.3) is 10.9 Å². The predicted octanol–water partition coefficient (Wildman–Crippen LogP) is 5.00. The summed E-state index contributed by atoms with van der Waals surface area (Å²) in [6.45, 7) is 2.34. The summed E-state index contributed by atoms with van der Waals surface area (Å²) in [4.78, 5) is 8.85. The Morgan fingerprint density at radius 1 is 0.970 bits per heavy atom. The summed E-state index contributed by atoms with van der Waals surface area (Å²) in [5.74, 6) is 3.47. The maximum Gasteiger partial charge on any atom is 0.169 e. The molecule has 8 nitrogen and oxygen atoms in total. The largest absolute Gasteiger partial charge is 0.489 e. The van der Waals surface area contributed by atoms with Crippen molar-refractivity contribution >= 4 is 28.1 Å². The van der Waals surface area contributed by atoms with Gasteiger partial charge in [0.2, 0.25) is 0 Å². The van der Waals surface area contributed by atoms with Gasteiger partial charge in [0.15, 0.2) is 17.2 Å². The van der Waals surface area contributed by atoms with Crippen LogP contribution < -0.4 is 24.8 Å². The van der Waals surface area contributed by atoms with E-state index in [9.17, 15) is 0 Å². The minimum absolute atomic E-state index is 0.454. The van der Waals surface area contributed by atoms with E-state index in [0.29, 0.717) is 42.9 Å². The van der Waals surface area contributed by atoms with Crippen molar-refractivity contribution in [2.24, 2.45) is 0 Å². The lowest BCUT2D eigenvalue weighted by Gasteiger charge is -2.21. The number of aromatic nitrogens is 2. The van der Waals surface area contributed by atoms with Crippen LogP contribution in [0.3, 0.4) is 0 Å². The molecular weight excluding hydrogens is 420 g/mol. The van der Waals surface area contributed by atoms with Crippen molar-refractivity contribution in [3.8, 4) is 23.0 Å². The molecule has 0 fully saturated rings. The van der Waals surface area contributed by atoms with Gasteiger partial charge >= 0.3 is 0 Å². The quantitative estimate of drug-likeness (QED) is 0.368.